The van der Waals surface area contributed by atoms with Crippen molar-refractivity contribution in [3.05, 3.63) is 88.5 Å². The standard InChI is InChI=1S/C24H22FN3O/c1-4-18-9-11-21(12-10-18)28-16(2)13-19(17(28)3)14-20(15-26)24(29)27-23-8-6-5-7-22(23)25/h5-14H,4H2,1-3H3,(H,27,29)/b20-14-. The van der Waals surface area contributed by atoms with Crippen LogP contribution in [0.15, 0.2) is 60.2 Å². The topological polar surface area (TPSA) is 57.8 Å². The number of halogens is 1. The first-order valence-corrected chi connectivity index (χ1v) is 9.40. The monoisotopic (exact) mass is 387 g/mol. The molecule has 3 aromatic rings. The summed E-state index contributed by atoms with van der Waals surface area (Å²) in [6.07, 6.45) is 2.51. The van der Waals surface area contributed by atoms with E-state index in [-0.39, 0.29) is 11.3 Å². The van der Waals surface area contributed by atoms with Crippen LogP contribution in [-0.4, -0.2) is 10.5 Å². The van der Waals surface area contributed by atoms with E-state index in [1.54, 1.807) is 6.07 Å². The maximum Gasteiger partial charge on any atom is 0.266 e. The molecule has 0 unspecified atom stereocenters. The van der Waals surface area contributed by atoms with Crippen LogP contribution in [0.4, 0.5) is 10.1 Å². The summed E-state index contributed by atoms with van der Waals surface area (Å²) in [4.78, 5) is 12.5. The largest absolute Gasteiger partial charge is 0.319 e. The van der Waals surface area contributed by atoms with E-state index in [1.807, 2.05) is 26.0 Å². The van der Waals surface area contributed by atoms with Gasteiger partial charge >= 0.3 is 0 Å². The molecule has 0 atom stereocenters. The molecule has 0 aliphatic rings. The zero-order chi connectivity index (χ0) is 21.0. The van der Waals surface area contributed by atoms with Gasteiger partial charge in [-0.15, -0.1) is 0 Å². The highest BCUT2D eigenvalue weighted by atomic mass is 19.1. The molecule has 1 heterocycles. The van der Waals surface area contributed by atoms with E-state index in [9.17, 15) is 14.4 Å². The van der Waals surface area contributed by atoms with E-state index in [1.165, 1.54) is 29.8 Å². The van der Waals surface area contributed by atoms with Crippen molar-refractivity contribution < 1.29 is 9.18 Å². The van der Waals surface area contributed by atoms with Crippen LogP contribution in [-0.2, 0) is 11.2 Å². The number of benzene rings is 2. The summed E-state index contributed by atoms with van der Waals surface area (Å²) in [6, 6.07) is 18.0. The van der Waals surface area contributed by atoms with Gasteiger partial charge in [-0.3, -0.25) is 4.79 Å². The van der Waals surface area contributed by atoms with Crippen molar-refractivity contribution in [2.75, 3.05) is 5.32 Å². The van der Waals surface area contributed by atoms with Crippen molar-refractivity contribution in [2.45, 2.75) is 27.2 Å². The van der Waals surface area contributed by atoms with Crippen LogP contribution in [0.1, 0.15) is 29.4 Å². The molecule has 29 heavy (non-hydrogen) atoms. The highest BCUT2D eigenvalue weighted by Gasteiger charge is 2.15. The molecule has 0 saturated heterocycles. The summed E-state index contributed by atoms with van der Waals surface area (Å²) in [5.41, 5.74) is 4.90. The minimum atomic E-state index is -0.644. The fourth-order valence-electron chi connectivity index (χ4n) is 3.27. The van der Waals surface area contributed by atoms with Crippen LogP contribution in [0.25, 0.3) is 11.8 Å². The number of hydrogen-bond donors (Lipinski definition) is 1. The molecule has 0 saturated carbocycles. The number of amides is 1. The van der Waals surface area contributed by atoms with Crippen LogP contribution in [0.5, 0.6) is 0 Å². The Hall–Kier alpha value is -3.65. The second-order valence-corrected chi connectivity index (χ2v) is 6.79. The number of nitriles is 1. The third kappa shape index (κ3) is 4.27. The van der Waals surface area contributed by atoms with E-state index >= 15 is 0 Å². The minimum Gasteiger partial charge on any atom is -0.319 e. The van der Waals surface area contributed by atoms with Crippen LogP contribution < -0.4 is 5.32 Å². The summed E-state index contributed by atoms with van der Waals surface area (Å²) in [5.74, 6) is -1.19. The van der Waals surface area contributed by atoms with Crippen molar-refractivity contribution >= 4 is 17.7 Å². The molecule has 1 amide bonds. The average Bonchev–Trinajstić information content (AvgIpc) is 3.00. The van der Waals surface area contributed by atoms with Crippen LogP contribution >= 0.6 is 0 Å². The predicted molar refractivity (Wildman–Crippen MR) is 113 cm³/mol. The zero-order valence-electron chi connectivity index (χ0n) is 16.7. The second kappa shape index (κ2) is 8.57. The Morgan fingerprint density at radius 2 is 1.86 bits per heavy atom. The molecular weight excluding hydrogens is 365 g/mol. The number of aromatic nitrogens is 1. The molecule has 2 aromatic carbocycles. The lowest BCUT2D eigenvalue weighted by Crippen LogP contribution is -2.14. The number of nitrogens with one attached hydrogen (secondary N) is 1. The van der Waals surface area contributed by atoms with Gasteiger partial charge in [0.1, 0.15) is 17.5 Å². The van der Waals surface area contributed by atoms with Gasteiger partial charge in [0.15, 0.2) is 0 Å². The molecule has 0 fully saturated rings. The average molecular weight is 387 g/mol. The molecule has 146 valence electrons. The lowest BCUT2D eigenvalue weighted by atomic mass is 10.1. The van der Waals surface area contributed by atoms with Crippen molar-refractivity contribution in [1.82, 2.24) is 4.57 Å². The van der Waals surface area contributed by atoms with Crippen LogP contribution in [0, 0.1) is 31.0 Å². The number of rotatable bonds is 5. The fourth-order valence-corrected chi connectivity index (χ4v) is 3.27. The molecule has 1 aromatic heterocycles. The zero-order valence-corrected chi connectivity index (χ0v) is 16.7. The van der Waals surface area contributed by atoms with E-state index in [2.05, 4.69) is 41.1 Å². The third-order valence-corrected chi connectivity index (χ3v) is 4.86. The Bertz CT molecular complexity index is 1120. The molecule has 1 N–H and O–H groups in total. The van der Waals surface area contributed by atoms with Gasteiger partial charge in [-0.05, 0) is 67.8 Å². The van der Waals surface area contributed by atoms with E-state index in [0.717, 1.165) is 29.1 Å². The second-order valence-electron chi connectivity index (χ2n) is 6.79. The number of nitrogens with zero attached hydrogens (tertiary/aromatic N) is 2. The van der Waals surface area contributed by atoms with E-state index in [0.29, 0.717) is 0 Å². The van der Waals surface area contributed by atoms with Crippen LogP contribution in [0.3, 0.4) is 0 Å². The summed E-state index contributed by atoms with van der Waals surface area (Å²) in [5, 5.41) is 11.9. The minimum absolute atomic E-state index is 0.0418. The van der Waals surface area contributed by atoms with Gasteiger partial charge in [0, 0.05) is 17.1 Å². The number of para-hydroxylation sites is 1. The van der Waals surface area contributed by atoms with Gasteiger partial charge in [-0.25, -0.2) is 4.39 Å². The molecule has 0 bridgehead atoms. The van der Waals surface area contributed by atoms with Crippen LogP contribution in [0.2, 0.25) is 0 Å². The fraction of sp³-hybridized carbons (Fsp3) is 0.167. The Balaban J connectivity index is 1.93. The summed E-state index contributed by atoms with van der Waals surface area (Å²) >= 11 is 0. The first-order valence-electron chi connectivity index (χ1n) is 9.40. The smallest absolute Gasteiger partial charge is 0.266 e. The summed E-state index contributed by atoms with van der Waals surface area (Å²) < 4.78 is 15.9. The normalized spacial score (nSPS) is 11.2. The molecule has 0 aliphatic carbocycles. The number of carbonyl (C=O) groups excluding carboxylic acids is 1. The highest BCUT2D eigenvalue weighted by Crippen LogP contribution is 2.24. The lowest BCUT2D eigenvalue weighted by molar-refractivity contribution is -0.112. The first-order chi connectivity index (χ1) is 13.9. The molecule has 0 radical (unpaired) electrons. The maximum atomic E-state index is 13.8. The van der Waals surface area contributed by atoms with Gasteiger partial charge < -0.3 is 9.88 Å². The Labute approximate surface area is 169 Å². The Morgan fingerprint density at radius 3 is 2.48 bits per heavy atom. The van der Waals surface area contributed by atoms with Gasteiger partial charge in [0.05, 0.1) is 5.69 Å². The predicted octanol–water partition coefficient (Wildman–Crippen LogP) is 5.34. The number of hydrogen-bond acceptors (Lipinski definition) is 2. The van der Waals surface area contributed by atoms with Crippen molar-refractivity contribution in [3.8, 4) is 11.8 Å². The number of anilines is 1. The third-order valence-electron chi connectivity index (χ3n) is 4.86. The Kier molecular flexibility index (Phi) is 5.94. The van der Waals surface area contributed by atoms with Crippen molar-refractivity contribution in [2.24, 2.45) is 0 Å². The molecular formula is C24H22FN3O. The maximum absolute atomic E-state index is 13.8. The van der Waals surface area contributed by atoms with Crippen molar-refractivity contribution in [3.63, 3.8) is 0 Å². The van der Waals surface area contributed by atoms with E-state index in [4.69, 9.17) is 0 Å². The first kappa shape index (κ1) is 20.1. The SMILES string of the molecule is CCc1ccc(-n2c(C)cc(/C=C(/C#N)C(=O)Nc3ccccc3F)c2C)cc1. The van der Waals surface area contributed by atoms with Gasteiger partial charge in [-0.1, -0.05) is 31.2 Å². The number of aryl methyl sites for hydroxylation is 2. The van der Waals surface area contributed by atoms with E-state index < -0.39 is 11.7 Å². The van der Waals surface area contributed by atoms with Crippen molar-refractivity contribution in [1.29, 1.82) is 5.26 Å². The van der Waals surface area contributed by atoms with Gasteiger partial charge in [0.2, 0.25) is 0 Å². The molecule has 0 aliphatic heterocycles. The number of carbonyl (C=O) groups is 1. The highest BCUT2D eigenvalue weighted by molar-refractivity contribution is 6.09. The van der Waals surface area contributed by atoms with Gasteiger partial charge in [-0.2, -0.15) is 5.26 Å². The molecule has 4 nitrogen and oxygen atoms in total. The molecule has 0 spiro atoms. The summed E-state index contributed by atoms with van der Waals surface area (Å²) in [7, 11) is 0. The molecule has 3 rings (SSSR count). The quantitative estimate of drug-likeness (QED) is 0.474. The summed E-state index contributed by atoms with van der Waals surface area (Å²) in [6.45, 7) is 6.03. The Morgan fingerprint density at radius 1 is 1.17 bits per heavy atom. The molecule has 5 heteroatoms. The lowest BCUT2D eigenvalue weighted by Gasteiger charge is -2.10. The van der Waals surface area contributed by atoms with Gasteiger partial charge in [0.25, 0.3) is 5.91 Å².